The van der Waals surface area contributed by atoms with Crippen LogP contribution in [0.3, 0.4) is 0 Å². The Balaban J connectivity index is 1.45. The first-order valence-corrected chi connectivity index (χ1v) is 13.3. The Labute approximate surface area is 195 Å². The molecular formula is C25H31N5O2S. The second-order valence-electron chi connectivity index (χ2n) is 8.92. The maximum Gasteiger partial charge on any atom is 0.180 e. The van der Waals surface area contributed by atoms with Gasteiger partial charge >= 0.3 is 0 Å². The van der Waals surface area contributed by atoms with Crippen molar-refractivity contribution in [2.75, 3.05) is 61.8 Å². The minimum absolute atomic E-state index is 0.0867. The van der Waals surface area contributed by atoms with Gasteiger partial charge in [0.2, 0.25) is 0 Å². The lowest BCUT2D eigenvalue weighted by Gasteiger charge is -2.27. The molecule has 33 heavy (non-hydrogen) atoms. The van der Waals surface area contributed by atoms with E-state index in [1.165, 1.54) is 5.56 Å². The molecule has 2 N–H and O–H groups in total. The maximum atomic E-state index is 12.8. The second-order valence-corrected chi connectivity index (χ2v) is 11.0. The Morgan fingerprint density at radius 2 is 1.88 bits per heavy atom. The third-order valence-electron chi connectivity index (χ3n) is 6.53. The average Bonchev–Trinajstić information content (AvgIpc) is 2.96. The van der Waals surface area contributed by atoms with E-state index in [2.05, 4.69) is 51.6 Å². The van der Waals surface area contributed by atoms with Gasteiger partial charge in [-0.3, -0.25) is 4.90 Å². The summed E-state index contributed by atoms with van der Waals surface area (Å²) >= 11 is 0. The highest BCUT2D eigenvalue weighted by atomic mass is 32.2. The molecule has 2 aliphatic rings. The van der Waals surface area contributed by atoms with Crippen LogP contribution in [0, 0.1) is 6.92 Å². The van der Waals surface area contributed by atoms with Gasteiger partial charge in [-0.15, -0.1) is 0 Å². The zero-order chi connectivity index (χ0) is 22.8. The summed E-state index contributed by atoms with van der Waals surface area (Å²) in [6, 6.07) is 15.7. The summed E-state index contributed by atoms with van der Waals surface area (Å²) in [6.07, 6.45) is 0. The number of aromatic nitrogens is 1. The number of piperazine rings is 1. The lowest BCUT2D eigenvalue weighted by atomic mass is 10.1. The summed E-state index contributed by atoms with van der Waals surface area (Å²) in [7, 11) is -3.30. The van der Waals surface area contributed by atoms with Crippen molar-refractivity contribution in [2.45, 2.75) is 18.4 Å². The van der Waals surface area contributed by atoms with Gasteiger partial charge in [0.25, 0.3) is 0 Å². The molecule has 3 heterocycles. The predicted molar refractivity (Wildman–Crippen MR) is 134 cm³/mol. The lowest BCUT2D eigenvalue weighted by Crippen LogP contribution is -2.45. The molecule has 0 atom stereocenters. The standard InChI is InChI=1S/C25H31N5O2S/c1-19-6-7-22-21(16-19)23(27-10-13-29-11-8-26-9-12-29)17-25(28-22)30-14-15-33(31,32)24-5-3-2-4-20(24)18-30/h2-7,16-17,26H,8-15,18H2,1H3,(H,27,28). The van der Waals surface area contributed by atoms with Crippen molar-refractivity contribution in [1.29, 1.82) is 0 Å². The number of nitrogens with zero attached hydrogens (tertiary/aromatic N) is 3. The average molecular weight is 466 g/mol. The van der Waals surface area contributed by atoms with Gasteiger partial charge in [-0.25, -0.2) is 13.4 Å². The Morgan fingerprint density at radius 3 is 2.73 bits per heavy atom. The van der Waals surface area contributed by atoms with Crippen molar-refractivity contribution < 1.29 is 8.42 Å². The van der Waals surface area contributed by atoms with Gasteiger partial charge in [0.05, 0.1) is 16.2 Å². The van der Waals surface area contributed by atoms with E-state index in [0.717, 1.165) is 67.2 Å². The molecule has 1 saturated heterocycles. The topological polar surface area (TPSA) is 77.6 Å². The van der Waals surface area contributed by atoms with Crippen LogP contribution in [-0.4, -0.2) is 69.9 Å². The van der Waals surface area contributed by atoms with E-state index in [4.69, 9.17) is 4.98 Å². The highest BCUT2D eigenvalue weighted by molar-refractivity contribution is 7.91. The molecule has 1 aromatic heterocycles. The van der Waals surface area contributed by atoms with Crippen molar-refractivity contribution >= 4 is 32.2 Å². The number of rotatable bonds is 5. The van der Waals surface area contributed by atoms with Crippen molar-refractivity contribution in [3.8, 4) is 0 Å². The third-order valence-corrected chi connectivity index (χ3v) is 8.31. The van der Waals surface area contributed by atoms with E-state index in [-0.39, 0.29) is 5.75 Å². The Morgan fingerprint density at radius 1 is 1.06 bits per heavy atom. The number of fused-ring (bicyclic) bond motifs is 2. The third kappa shape index (κ3) is 4.83. The van der Waals surface area contributed by atoms with Crippen LogP contribution in [0.2, 0.25) is 0 Å². The van der Waals surface area contributed by atoms with E-state index in [1.807, 2.05) is 12.1 Å². The molecule has 5 rings (SSSR count). The molecule has 174 valence electrons. The Kier molecular flexibility index (Phi) is 6.23. The van der Waals surface area contributed by atoms with Gasteiger partial charge in [-0.2, -0.15) is 0 Å². The molecule has 0 saturated carbocycles. The molecule has 0 aliphatic carbocycles. The summed E-state index contributed by atoms with van der Waals surface area (Å²) in [4.78, 5) is 9.93. The van der Waals surface area contributed by atoms with Crippen LogP contribution in [-0.2, 0) is 16.4 Å². The molecule has 3 aromatic rings. The van der Waals surface area contributed by atoms with Gasteiger partial charge < -0.3 is 15.5 Å². The summed E-state index contributed by atoms with van der Waals surface area (Å²) < 4.78 is 25.6. The molecule has 0 bridgehead atoms. The van der Waals surface area contributed by atoms with E-state index in [0.29, 0.717) is 18.0 Å². The number of pyridine rings is 1. The van der Waals surface area contributed by atoms with Crippen LogP contribution in [0.4, 0.5) is 11.5 Å². The lowest BCUT2D eigenvalue weighted by molar-refractivity contribution is 0.249. The van der Waals surface area contributed by atoms with Gasteiger partial charge in [-0.1, -0.05) is 29.8 Å². The van der Waals surface area contributed by atoms with Crippen molar-refractivity contribution in [3.63, 3.8) is 0 Å². The second kappa shape index (κ2) is 9.29. The van der Waals surface area contributed by atoms with Crippen molar-refractivity contribution in [3.05, 3.63) is 59.7 Å². The molecule has 0 unspecified atom stereocenters. The largest absolute Gasteiger partial charge is 0.383 e. The summed E-state index contributed by atoms with van der Waals surface area (Å²) in [5.74, 6) is 0.895. The SMILES string of the molecule is Cc1ccc2nc(N3CCS(=O)(=O)c4ccccc4C3)cc(NCCN3CCNCC3)c2c1. The number of benzene rings is 2. The maximum absolute atomic E-state index is 12.8. The van der Waals surface area contributed by atoms with E-state index in [9.17, 15) is 8.42 Å². The number of nitrogens with one attached hydrogen (secondary N) is 2. The first-order valence-electron chi connectivity index (χ1n) is 11.6. The fourth-order valence-electron chi connectivity index (χ4n) is 4.68. The number of sulfone groups is 1. The van der Waals surface area contributed by atoms with Crippen LogP contribution in [0.15, 0.2) is 53.4 Å². The molecule has 7 nitrogen and oxygen atoms in total. The van der Waals surface area contributed by atoms with Gasteiger partial charge in [0, 0.05) is 69.5 Å². The van der Waals surface area contributed by atoms with Gasteiger partial charge in [0.1, 0.15) is 5.82 Å². The minimum atomic E-state index is -3.30. The van der Waals surface area contributed by atoms with E-state index in [1.54, 1.807) is 12.1 Å². The molecular weight excluding hydrogens is 434 g/mol. The van der Waals surface area contributed by atoms with Crippen LogP contribution < -0.4 is 15.5 Å². The molecule has 0 spiro atoms. The Bertz CT molecular complexity index is 1250. The molecule has 2 aromatic carbocycles. The van der Waals surface area contributed by atoms with Crippen LogP contribution in [0.25, 0.3) is 10.9 Å². The van der Waals surface area contributed by atoms with Gasteiger partial charge in [-0.05, 0) is 30.7 Å². The number of hydrogen-bond donors (Lipinski definition) is 2. The normalized spacial score (nSPS) is 18.6. The summed E-state index contributed by atoms with van der Waals surface area (Å²) in [5, 5.41) is 8.14. The number of anilines is 2. The van der Waals surface area contributed by atoms with Crippen molar-refractivity contribution in [2.24, 2.45) is 0 Å². The monoisotopic (exact) mass is 465 g/mol. The van der Waals surface area contributed by atoms with Crippen LogP contribution >= 0.6 is 0 Å². The molecule has 8 heteroatoms. The first kappa shape index (κ1) is 22.1. The number of aryl methyl sites for hydroxylation is 1. The Hall–Kier alpha value is -2.68. The van der Waals surface area contributed by atoms with Crippen LogP contribution in [0.1, 0.15) is 11.1 Å². The number of hydrogen-bond acceptors (Lipinski definition) is 7. The quantitative estimate of drug-likeness (QED) is 0.600. The zero-order valence-corrected chi connectivity index (χ0v) is 19.9. The predicted octanol–water partition coefficient (Wildman–Crippen LogP) is 2.65. The van der Waals surface area contributed by atoms with E-state index < -0.39 is 9.84 Å². The zero-order valence-electron chi connectivity index (χ0n) is 19.0. The minimum Gasteiger partial charge on any atom is -0.383 e. The van der Waals surface area contributed by atoms with Gasteiger partial charge in [0.15, 0.2) is 9.84 Å². The smallest absolute Gasteiger partial charge is 0.180 e. The molecule has 1 fully saturated rings. The summed E-state index contributed by atoms with van der Waals surface area (Å²) in [5.41, 5.74) is 3.99. The molecule has 0 amide bonds. The van der Waals surface area contributed by atoms with E-state index >= 15 is 0 Å². The fourth-order valence-corrected chi connectivity index (χ4v) is 6.17. The molecule has 0 radical (unpaired) electrons. The molecule has 2 aliphatic heterocycles. The highest BCUT2D eigenvalue weighted by Gasteiger charge is 2.26. The van der Waals surface area contributed by atoms with Crippen LogP contribution in [0.5, 0.6) is 0 Å². The highest BCUT2D eigenvalue weighted by Crippen LogP contribution is 2.31. The first-order chi connectivity index (χ1) is 16.0. The summed E-state index contributed by atoms with van der Waals surface area (Å²) in [6.45, 7) is 9.11. The van der Waals surface area contributed by atoms with Crippen molar-refractivity contribution in [1.82, 2.24) is 15.2 Å². The fraction of sp³-hybridized carbons (Fsp3) is 0.400.